The van der Waals surface area contributed by atoms with Crippen molar-refractivity contribution in [3.05, 3.63) is 34.9 Å². The summed E-state index contributed by atoms with van der Waals surface area (Å²) in [6, 6.07) is 6.00. The summed E-state index contributed by atoms with van der Waals surface area (Å²) in [6.45, 7) is 4.02. The molecule has 0 amide bonds. The highest BCUT2D eigenvalue weighted by Crippen LogP contribution is 2.23. The van der Waals surface area contributed by atoms with E-state index in [1.807, 2.05) is 26.0 Å². The van der Waals surface area contributed by atoms with Crippen LogP contribution in [0.15, 0.2) is 18.2 Å². The molecule has 1 aromatic rings. The molecule has 1 aromatic carbocycles. The summed E-state index contributed by atoms with van der Waals surface area (Å²) in [5, 5.41) is 10.0. The lowest BCUT2D eigenvalue weighted by molar-refractivity contribution is -0.140. The molecule has 0 fully saturated rings. The van der Waals surface area contributed by atoms with Gasteiger partial charge in [-0.1, -0.05) is 23.8 Å². The normalized spacial score (nSPS) is 12.2. The predicted molar refractivity (Wildman–Crippen MR) is 66.7 cm³/mol. The number of aliphatic hydroxyl groups excluding tert-OH is 1. The zero-order valence-corrected chi connectivity index (χ0v) is 10.7. The van der Waals surface area contributed by atoms with Gasteiger partial charge in [0.2, 0.25) is 0 Å². The van der Waals surface area contributed by atoms with E-state index in [1.54, 1.807) is 0 Å². The number of hydrogen-bond donors (Lipinski definition) is 1. The molecule has 0 aliphatic heterocycles. The quantitative estimate of drug-likeness (QED) is 0.799. The van der Waals surface area contributed by atoms with Crippen molar-refractivity contribution < 1.29 is 14.6 Å². The molecule has 3 nitrogen and oxygen atoms in total. The number of aliphatic hydroxyl groups is 1. The van der Waals surface area contributed by atoms with Crippen LogP contribution >= 0.6 is 0 Å². The van der Waals surface area contributed by atoms with Gasteiger partial charge in [-0.05, 0) is 37.8 Å². The molecule has 0 radical (unpaired) electrons. The molecular formula is C14H20O3. The maximum absolute atomic E-state index is 10.9. The zero-order chi connectivity index (χ0) is 12.8. The monoisotopic (exact) mass is 236 g/mol. The third-order valence-corrected chi connectivity index (χ3v) is 2.87. The number of ether oxygens (including phenoxy) is 1. The van der Waals surface area contributed by atoms with Crippen LogP contribution in [0.4, 0.5) is 0 Å². The van der Waals surface area contributed by atoms with Crippen LogP contribution in [-0.2, 0) is 9.53 Å². The Morgan fingerprint density at radius 3 is 2.71 bits per heavy atom. The van der Waals surface area contributed by atoms with E-state index in [0.29, 0.717) is 19.3 Å². The van der Waals surface area contributed by atoms with Crippen LogP contribution in [0.25, 0.3) is 0 Å². The van der Waals surface area contributed by atoms with Crippen LogP contribution in [0.1, 0.15) is 42.1 Å². The smallest absolute Gasteiger partial charge is 0.305 e. The topological polar surface area (TPSA) is 46.5 Å². The molecule has 94 valence electrons. The van der Waals surface area contributed by atoms with Gasteiger partial charge >= 0.3 is 5.97 Å². The first-order chi connectivity index (χ1) is 8.04. The van der Waals surface area contributed by atoms with Crippen LogP contribution < -0.4 is 0 Å². The Morgan fingerprint density at radius 1 is 1.41 bits per heavy atom. The summed E-state index contributed by atoms with van der Waals surface area (Å²) < 4.78 is 4.56. The molecule has 1 atom stereocenters. The van der Waals surface area contributed by atoms with Gasteiger partial charge in [0.1, 0.15) is 0 Å². The fraction of sp³-hybridized carbons (Fsp3) is 0.500. The molecule has 0 aliphatic rings. The van der Waals surface area contributed by atoms with Gasteiger partial charge in [0, 0.05) is 6.42 Å². The molecular weight excluding hydrogens is 216 g/mol. The van der Waals surface area contributed by atoms with Gasteiger partial charge in [-0.3, -0.25) is 4.79 Å². The van der Waals surface area contributed by atoms with E-state index in [2.05, 4.69) is 10.8 Å². The Morgan fingerprint density at radius 2 is 2.12 bits per heavy atom. The molecule has 1 rings (SSSR count). The summed E-state index contributed by atoms with van der Waals surface area (Å²) in [7, 11) is 1.38. The molecule has 0 heterocycles. The molecule has 0 spiro atoms. The van der Waals surface area contributed by atoms with Gasteiger partial charge in [0.05, 0.1) is 13.2 Å². The highest BCUT2D eigenvalue weighted by molar-refractivity contribution is 5.68. The lowest BCUT2D eigenvalue weighted by Gasteiger charge is -2.13. The highest BCUT2D eigenvalue weighted by Gasteiger charge is 2.11. The maximum atomic E-state index is 10.9. The fourth-order valence-corrected chi connectivity index (χ4v) is 1.90. The van der Waals surface area contributed by atoms with Crippen molar-refractivity contribution in [3.8, 4) is 0 Å². The third kappa shape index (κ3) is 4.19. The molecule has 0 aromatic heterocycles. The first-order valence-corrected chi connectivity index (χ1v) is 5.86. The largest absolute Gasteiger partial charge is 0.469 e. The van der Waals surface area contributed by atoms with E-state index in [-0.39, 0.29) is 5.97 Å². The average Bonchev–Trinajstić information content (AvgIpc) is 2.28. The lowest BCUT2D eigenvalue weighted by atomic mass is 9.98. The molecule has 1 N–H and O–H groups in total. The number of carbonyl (C=O) groups is 1. The molecule has 3 heteroatoms. The van der Waals surface area contributed by atoms with Crippen LogP contribution in [-0.4, -0.2) is 18.2 Å². The van der Waals surface area contributed by atoms with Crippen molar-refractivity contribution in [3.63, 3.8) is 0 Å². The Kier molecular flexibility index (Phi) is 5.16. The summed E-state index contributed by atoms with van der Waals surface area (Å²) in [6.07, 6.45) is 1.08. The van der Waals surface area contributed by atoms with Gasteiger partial charge in [-0.2, -0.15) is 0 Å². The van der Waals surface area contributed by atoms with E-state index in [9.17, 15) is 9.90 Å². The minimum absolute atomic E-state index is 0.224. The first-order valence-electron chi connectivity index (χ1n) is 5.86. The third-order valence-electron chi connectivity index (χ3n) is 2.87. The number of carbonyl (C=O) groups excluding carboxylic acids is 1. The van der Waals surface area contributed by atoms with Crippen molar-refractivity contribution in [2.45, 2.75) is 39.2 Å². The second kappa shape index (κ2) is 6.40. The van der Waals surface area contributed by atoms with Crippen molar-refractivity contribution in [1.29, 1.82) is 0 Å². The summed E-state index contributed by atoms with van der Waals surface area (Å²) >= 11 is 0. The summed E-state index contributed by atoms with van der Waals surface area (Å²) in [5.74, 6) is -0.224. The Bertz CT molecular complexity index is 385. The minimum atomic E-state index is -0.500. The zero-order valence-electron chi connectivity index (χ0n) is 10.7. The van der Waals surface area contributed by atoms with Crippen molar-refractivity contribution in [2.75, 3.05) is 7.11 Å². The van der Waals surface area contributed by atoms with Gasteiger partial charge in [0.25, 0.3) is 0 Å². The second-order valence-corrected chi connectivity index (χ2v) is 4.34. The minimum Gasteiger partial charge on any atom is -0.469 e. The van der Waals surface area contributed by atoms with E-state index in [0.717, 1.165) is 11.1 Å². The van der Waals surface area contributed by atoms with Gasteiger partial charge in [-0.25, -0.2) is 0 Å². The van der Waals surface area contributed by atoms with E-state index in [1.165, 1.54) is 12.7 Å². The maximum Gasteiger partial charge on any atom is 0.305 e. The SMILES string of the molecule is COC(=O)CCCC(O)c1ccc(C)cc1C. The molecule has 0 saturated carbocycles. The van der Waals surface area contributed by atoms with Crippen molar-refractivity contribution in [2.24, 2.45) is 0 Å². The van der Waals surface area contributed by atoms with Crippen molar-refractivity contribution in [1.82, 2.24) is 0 Å². The standard InChI is InChI=1S/C14H20O3/c1-10-7-8-12(11(2)9-10)13(15)5-4-6-14(16)17-3/h7-9,13,15H,4-6H2,1-3H3. The van der Waals surface area contributed by atoms with Crippen LogP contribution in [0.5, 0.6) is 0 Å². The number of methoxy groups -OCH3 is 1. The van der Waals surface area contributed by atoms with E-state index >= 15 is 0 Å². The average molecular weight is 236 g/mol. The van der Waals surface area contributed by atoms with Gasteiger partial charge in [-0.15, -0.1) is 0 Å². The molecule has 17 heavy (non-hydrogen) atoms. The lowest BCUT2D eigenvalue weighted by Crippen LogP contribution is -2.04. The number of aryl methyl sites for hydroxylation is 2. The Labute approximate surface area is 102 Å². The number of esters is 1. The Balaban J connectivity index is 2.52. The van der Waals surface area contributed by atoms with Crippen molar-refractivity contribution >= 4 is 5.97 Å². The predicted octanol–water partition coefficient (Wildman–Crippen LogP) is 2.68. The van der Waals surface area contributed by atoms with E-state index < -0.39 is 6.10 Å². The summed E-state index contributed by atoms with van der Waals surface area (Å²) in [5.41, 5.74) is 3.23. The number of rotatable bonds is 5. The summed E-state index contributed by atoms with van der Waals surface area (Å²) in [4.78, 5) is 10.9. The van der Waals surface area contributed by atoms with Crippen LogP contribution in [0.3, 0.4) is 0 Å². The fourth-order valence-electron chi connectivity index (χ4n) is 1.90. The van der Waals surface area contributed by atoms with Crippen LogP contribution in [0.2, 0.25) is 0 Å². The molecule has 0 bridgehead atoms. The van der Waals surface area contributed by atoms with Crippen LogP contribution in [0, 0.1) is 13.8 Å². The molecule has 0 saturated heterocycles. The Hall–Kier alpha value is -1.35. The second-order valence-electron chi connectivity index (χ2n) is 4.34. The van der Waals surface area contributed by atoms with Gasteiger partial charge in [0.15, 0.2) is 0 Å². The molecule has 1 unspecified atom stereocenters. The number of benzene rings is 1. The first kappa shape index (κ1) is 13.7. The van der Waals surface area contributed by atoms with Gasteiger partial charge < -0.3 is 9.84 Å². The molecule has 0 aliphatic carbocycles. The highest BCUT2D eigenvalue weighted by atomic mass is 16.5. The number of hydrogen-bond acceptors (Lipinski definition) is 3. The van der Waals surface area contributed by atoms with E-state index in [4.69, 9.17) is 0 Å².